The smallest absolute Gasteiger partial charge is 0.226 e. The molecule has 1 saturated heterocycles. The lowest BCUT2D eigenvalue weighted by atomic mass is 10.0. The number of likely N-dealkylation sites (tertiary alicyclic amines) is 1. The van der Waals surface area contributed by atoms with Crippen molar-refractivity contribution in [1.82, 2.24) is 35.0 Å². The monoisotopic (exact) mass is 588 g/mol. The van der Waals surface area contributed by atoms with Crippen LogP contribution in [0.3, 0.4) is 0 Å². The number of carbonyl (C=O) groups excluding carboxylic acids is 1. The van der Waals surface area contributed by atoms with Crippen LogP contribution in [0.2, 0.25) is 0 Å². The molecule has 6 aromatic rings. The number of hydrogen-bond donors (Lipinski definition) is 3. The van der Waals surface area contributed by atoms with Crippen LogP contribution < -0.4 is 5.32 Å². The molecule has 1 aliphatic heterocycles. The Morgan fingerprint density at radius 3 is 2.61 bits per heavy atom. The standard InChI is InChI=1S/C34H33FN8O/c1-20(2)34(44)38-26-13-24(15-36-16-26)22-6-7-29-27(14-22)32(42-41-29)33-39-30-18-37-17-28(31(30)40-33)23-10-21(11-25(35)12-23)19-43-8-4-3-5-9-43/h6-7,10-18,20H,3-5,8-9,19H2,1-2H3,(H,38,44)(H,39,40)(H,41,42). The van der Waals surface area contributed by atoms with Gasteiger partial charge in [0.05, 0.1) is 34.6 Å². The number of pyridine rings is 2. The van der Waals surface area contributed by atoms with Crippen molar-refractivity contribution in [1.29, 1.82) is 0 Å². The molecule has 3 N–H and O–H groups in total. The lowest BCUT2D eigenvalue weighted by Gasteiger charge is -2.26. The van der Waals surface area contributed by atoms with Gasteiger partial charge >= 0.3 is 0 Å². The molecule has 2 aromatic carbocycles. The van der Waals surface area contributed by atoms with E-state index in [0.29, 0.717) is 22.7 Å². The Kier molecular flexibility index (Phi) is 7.35. The number of aromatic amines is 2. The van der Waals surface area contributed by atoms with Gasteiger partial charge in [0.1, 0.15) is 11.5 Å². The third-order valence-electron chi connectivity index (χ3n) is 8.17. The predicted octanol–water partition coefficient (Wildman–Crippen LogP) is 6.95. The number of imidazole rings is 1. The fourth-order valence-electron chi connectivity index (χ4n) is 5.86. The molecule has 0 atom stereocenters. The van der Waals surface area contributed by atoms with E-state index < -0.39 is 0 Å². The summed E-state index contributed by atoms with van der Waals surface area (Å²) in [4.78, 5) is 31.7. The summed E-state index contributed by atoms with van der Waals surface area (Å²) in [5.74, 6) is 0.117. The van der Waals surface area contributed by atoms with E-state index in [0.717, 1.165) is 63.9 Å². The molecule has 7 rings (SSSR count). The van der Waals surface area contributed by atoms with Crippen LogP contribution in [0, 0.1) is 11.7 Å². The largest absolute Gasteiger partial charge is 0.335 e. The first-order valence-electron chi connectivity index (χ1n) is 15.0. The molecule has 0 radical (unpaired) electrons. The van der Waals surface area contributed by atoms with E-state index in [9.17, 15) is 9.18 Å². The second-order valence-electron chi connectivity index (χ2n) is 11.8. The highest BCUT2D eigenvalue weighted by atomic mass is 19.1. The number of H-pyrrole nitrogens is 2. The first-order valence-corrected chi connectivity index (χ1v) is 15.0. The van der Waals surface area contributed by atoms with Crippen LogP contribution in [0.15, 0.2) is 67.3 Å². The summed E-state index contributed by atoms with van der Waals surface area (Å²) in [5, 5.41) is 11.5. The van der Waals surface area contributed by atoms with Gasteiger partial charge in [0, 0.05) is 41.4 Å². The maximum Gasteiger partial charge on any atom is 0.226 e. The Bertz CT molecular complexity index is 1990. The van der Waals surface area contributed by atoms with Gasteiger partial charge in [-0.25, -0.2) is 9.37 Å². The third-order valence-corrected chi connectivity index (χ3v) is 8.17. The molecule has 5 heterocycles. The maximum atomic E-state index is 14.9. The molecule has 10 heteroatoms. The van der Waals surface area contributed by atoms with Crippen molar-refractivity contribution in [3.63, 3.8) is 0 Å². The van der Waals surface area contributed by atoms with E-state index in [2.05, 4.69) is 35.4 Å². The van der Waals surface area contributed by atoms with Gasteiger partial charge in [0.15, 0.2) is 5.82 Å². The van der Waals surface area contributed by atoms with Gasteiger partial charge in [-0.3, -0.25) is 24.8 Å². The van der Waals surface area contributed by atoms with Gasteiger partial charge in [0.2, 0.25) is 5.91 Å². The highest BCUT2D eigenvalue weighted by Crippen LogP contribution is 2.34. The molecule has 0 spiro atoms. The summed E-state index contributed by atoms with van der Waals surface area (Å²) in [6.07, 6.45) is 10.5. The summed E-state index contributed by atoms with van der Waals surface area (Å²) in [5.41, 5.74) is 7.84. The Morgan fingerprint density at radius 2 is 1.77 bits per heavy atom. The van der Waals surface area contributed by atoms with Crippen molar-refractivity contribution in [2.24, 2.45) is 5.92 Å². The van der Waals surface area contributed by atoms with E-state index in [1.165, 1.54) is 19.3 Å². The van der Waals surface area contributed by atoms with Crippen molar-refractivity contribution in [3.05, 3.63) is 78.6 Å². The van der Waals surface area contributed by atoms with Crippen LogP contribution in [-0.4, -0.2) is 54.0 Å². The summed E-state index contributed by atoms with van der Waals surface area (Å²) >= 11 is 0. The molecule has 222 valence electrons. The first kappa shape index (κ1) is 27.8. The molecule has 44 heavy (non-hydrogen) atoms. The molecule has 0 aliphatic carbocycles. The minimum absolute atomic E-state index is 0.0632. The number of fused-ring (bicyclic) bond motifs is 2. The van der Waals surface area contributed by atoms with E-state index in [1.807, 2.05) is 44.2 Å². The van der Waals surface area contributed by atoms with Crippen molar-refractivity contribution >= 4 is 33.5 Å². The zero-order chi connectivity index (χ0) is 30.2. The average molecular weight is 589 g/mol. The Balaban J connectivity index is 1.23. The summed E-state index contributed by atoms with van der Waals surface area (Å²) in [6, 6.07) is 13.1. The normalized spacial score (nSPS) is 14.1. The van der Waals surface area contributed by atoms with Crippen molar-refractivity contribution in [2.45, 2.75) is 39.7 Å². The summed E-state index contributed by atoms with van der Waals surface area (Å²) < 4.78 is 14.9. The second kappa shape index (κ2) is 11.6. The molecule has 9 nitrogen and oxygen atoms in total. The minimum atomic E-state index is -0.268. The van der Waals surface area contributed by atoms with Gasteiger partial charge in [-0.2, -0.15) is 5.10 Å². The minimum Gasteiger partial charge on any atom is -0.335 e. The number of carbonyl (C=O) groups is 1. The number of benzene rings is 2. The summed E-state index contributed by atoms with van der Waals surface area (Å²) in [7, 11) is 0. The number of amides is 1. The molecule has 0 unspecified atom stereocenters. The van der Waals surface area contributed by atoms with Gasteiger partial charge in [0.25, 0.3) is 0 Å². The molecule has 0 saturated carbocycles. The average Bonchev–Trinajstić information content (AvgIpc) is 3.65. The fraction of sp³-hybridized carbons (Fsp3) is 0.265. The van der Waals surface area contributed by atoms with E-state index >= 15 is 0 Å². The predicted molar refractivity (Wildman–Crippen MR) is 170 cm³/mol. The number of nitrogens with zero attached hydrogens (tertiary/aromatic N) is 5. The van der Waals surface area contributed by atoms with Crippen LogP contribution in [0.25, 0.3) is 55.7 Å². The van der Waals surface area contributed by atoms with Gasteiger partial charge in [-0.05, 0) is 79.0 Å². The third kappa shape index (κ3) is 5.56. The van der Waals surface area contributed by atoms with E-state index in [-0.39, 0.29) is 17.6 Å². The number of aromatic nitrogens is 6. The Hall–Kier alpha value is -4.96. The highest BCUT2D eigenvalue weighted by molar-refractivity contribution is 5.98. The number of piperidine rings is 1. The molecular formula is C34H33FN8O. The zero-order valence-electron chi connectivity index (χ0n) is 24.7. The number of hydrogen-bond acceptors (Lipinski definition) is 6. The van der Waals surface area contributed by atoms with Gasteiger partial charge in [-0.15, -0.1) is 0 Å². The second-order valence-corrected chi connectivity index (χ2v) is 11.8. The van der Waals surface area contributed by atoms with Crippen LogP contribution >= 0.6 is 0 Å². The van der Waals surface area contributed by atoms with Crippen LogP contribution in [0.5, 0.6) is 0 Å². The topological polar surface area (TPSA) is 115 Å². The fourth-order valence-corrected chi connectivity index (χ4v) is 5.86. The SMILES string of the molecule is CC(C)C(=O)Nc1cncc(-c2ccc3[nH]nc(-c4nc5c(-c6cc(F)cc(CN7CCCCC7)c6)cncc5[nH]4)c3c2)c1. The molecule has 1 aliphatic rings. The van der Waals surface area contributed by atoms with Crippen LogP contribution in [-0.2, 0) is 11.3 Å². The molecule has 4 aromatic heterocycles. The zero-order valence-corrected chi connectivity index (χ0v) is 24.7. The Morgan fingerprint density at radius 1 is 0.932 bits per heavy atom. The number of rotatable bonds is 7. The van der Waals surface area contributed by atoms with E-state index in [1.54, 1.807) is 36.9 Å². The number of nitrogens with one attached hydrogen (secondary N) is 3. The Labute approximate surface area is 254 Å². The quantitative estimate of drug-likeness (QED) is 0.186. The van der Waals surface area contributed by atoms with Crippen LogP contribution in [0.4, 0.5) is 10.1 Å². The van der Waals surface area contributed by atoms with Crippen molar-refractivity contribution < 1.29 is 9.18 Å². The maximum absolute atomic E-state index is 14.9. The van der Waals surface area contributed by atoms with Crippen molar-refractivity contribution in [2.75, 3.05) is 18.4 Å². The van der Waals surface area contributed by atoms with Crippen molar-refractivity contribution in [3.8, 4) is 33.8 Å². The lowest BCUT2D eigenvalue weighted by molar-refractivity contribution is -0.118. The molecule has 1 fully saturated rings. The van der Waals surface area contributed by atoms with E-state index in [4.69, 9.17) is 4.98 Å². The van der Waals surface area contributed by atoms with Gasteiger partial charge < -0.3 is 10.3 Å². The lowest BCUT2D eigenvalue weighted by Crippen LogP contribution is -2.29. The molecule has 0 bridgehead atoms. The number of halogens is 1. The number of anilines is 1. The van der Waals surface area contributed by atoms with Crippen LogP contribution in [0.1, 0.15) is 38.7 Å². The summed E-state index contributed by atoms with van der Waals surface area (Å²) in [6.45, 7) is 6.52. The molecule has 1 amide bonds. The first-order chi connectivity index (χ1) is 21.4. The molecular weight excluding hydrogens is 555 g/mol. The highest BCUT2D eigenvalue weighted by Gasteiger charge is 2.18. The van der Waals surface area contributed by atoms with Gasteiger partial charge in [-0.1, -0.05) is 26.3 Å².